The molecule has 0 aliphatic rings. The van der Waals surface area contributed by atoms with Gasteiger partial charge in [-0.15, -0.1) is 0 Å². The topological polar surface area (TPSA) is 17.8 Å². The molecule has 0 spiro atoms. The van der Waals surface area contributed by atoms with Crippen molar-refractivity contribution >= 4 is 45.2 Å². The van der Waals surface area contributed by atoms with Crippen molar-refractivity contribution in [3.05, 3.63) is 27.1 Å². The number of aryl methyl sites for hydroxylation is 1. The molecule has 0 fully saturated rings. The summed E-state index contributed by atoms with van der Waals surface area (Å²) in [5.74, 6) is 0. The number of pyridine rings is 1. The van der Waals surface area contributed by atoms with Gasteiger partial charge >= 0.3 is 0 Å². The maximum Gasteiger partial charge on any atom is 0.141 e. The van der Waals surface area contributed by atoms with E-state index in [1.54, 1.807) is 6.20 Å². The lowest BCUT2D eigenvalue weighted by atomic mass is 10.3. The maximum atomic E-state index is 6.08. The largest absolute Gasteiger partial charge is 0.336 e. The molecule has 0 N–H and O–H groups in total. The Bertz CT molecular complexity index is 436. The smallest absolute Gasteiger partial charge is 0.141 e. The highest BCUT2D eigenvalue weighted by molar-refractivity contribution is 14.1. The van der Waals surface area contributed by atoms with Gasteiger partial charge in [-0.25, -0.2) is 4.98 Å². The molecule has 0 unspecified atom stereocenters. The fraction of sp³-hybridized carbons (Fsp3) is 0.125. The van der Waals surface area contributed by atoms with Gasteiger partial charge < -0.3 is 4.57 Å². The summed E-state index contributed by atoms with van der Waals surface area (Å²) in [7, 11) is 1.96. The molecule has 12 heavy (non-hydrogen) atoms. The quantitative estimate of drug-likeness (QED) is 0.683. The molecular formula is C8H6ClIN2. The van der Waals surface area contributed by atoms with Gasteiger partial charge in [-0.1, -0.05) is 11.6 Å². The number of hydrogen-bond donors (Lipinski definition) is 0. The number of halogens is 2. The zero-order valence-corrected chi connectivity index (χ0v) is 9.30. The lowest BCUT2D eigenvalue weighted by Crippen LogP contribution is -1.88. The monoisotopic (exact) mass is 292 g/mol. The lowest BCUT2D eigenvalue weighted by molar-refractivity contribution is 0.948. The average Bonchev–Trinajstić information content (AvgIpc) is 2.41. The van der Waals surface area contributed by atoms with Gasteiger partial charge in [-0.3, -0.25) is 0 Å². The van der Waals surface area contributed by atoms with Crippen LogP contribution in [0.5, 0.6) is 0 Å². The zero-order valence-electron chi connectivity index (χ0n) is 6.38. The summed E-state index contributed by atoms with van der Waals surface area (Å²) in [5, 5.41) is 1.81. The average molecular weight is 293 g/mol. The second-order valence-electron chi connectivity index (χ2n) is 2.58. The maximum absolute atomic E-state index is 6.08. The fourth-order valence-corrected chi connectivity index (χ4v) is 1.78. The van der Waals surface area contributed by atoms with Gasteiger partial charge in [-0.2, -0.15) is 0 Å². The van der Waals surface area contributed by atoms with E-state index < -0.39 is 0 Å². The van der Waals surface area contributed by atoms with Crippen molar-refractivity contribution in [1.82, 2.24) is 9.55 Å². The molecule has 4 heteroatoms. The number of rotatable bonds is 0. The third-order valence-corrected chi connectivity index (χ3v) is 3.33. The van der Waals surface area contributed by atoms with Crippen molar-refractivity contribution in [1.29, 1.82) is 0 Å². The Kier molecular flexibility index (Phi) is 2.00. The lowest BCUT2D eigenvalue weighted by Gasteiger charge is -1.98. The Morgan fingerprint density at radius 1 is 1.58 bits per heavy atom. The van der Waals surface area contributed by atoms with Crippen molar-refractivity contribution in [3.8, 4) is 0 Å². The highest BCUT2D eigenvalue weighted by atomic mass is 127. The highest BCUT2D eigenvalue weighted by Gasteiger charge is 2.06. The van der Waals surface area contributed by atoms with Gasteiger partial charge in [-0.05, 0) is 28.7 Å². The van der Waals surface area contributed by atoms with E-state index in [0.717, 1.165) is 19.6 Å². The molecule has 2 rings (SSSR count). The molecule has 2 aromatic rings. The predicted molar refractivity (Wildman–Crippen MR) is 58.4 cm³/mol. The second kappa shape index (κ2) is 2.88. The number of nitrogens with zero attached hydrogens (tertiary/aromatic N) is 2. The Balaban J connectivity index is 2.93. The van der Waals surface area contributed by atoms with Crippen molar-refractivity contribution in [2.75, 3.05) is 0 Å². The van der Waals surface area contributed by atoms with Gasteiger partial charge in [0, 0.05) is 24.8 Å². The molecular weight excluding hydrogens is 286 g/mol. The zero-order chi connectivity index (χ0) is 8.72. The first-order chi connectivity index (χ1) is 5.70. The first-order valence-corrected chi connectivity index (χ1v) is 4.91. The van der Waals surface area contributed by atoms with Crippen LogP contribution in [0, 0.1) is 3.57 Å². The van der Waals surface area contributed by atoms with Crippen LogP contribution < -0.4 is 0 Å². The molecule has 0 amide bonds. The molecule has 0 aliphatic heterocycles. The van der Waals surface area contributed by atoms with E-state index in [4.69, 9.17) is 11.6 Å². The number of hydrogen-bond acceptors (Lipinski definition) is 1. The van der Waals surface area contributed by atoms with Gasteiger partial charge in [0.25, 0.3) is 0 Å². The van der Waals surface area contributed by atoms with Crippen LogP contribution in [-0.2, 0) is 7.05 Å². The van der Waals surface area contributed by atoms with E-state index in [0.29, 0.717) is 0 Å². The Morgan fingerprint density at radius 3 is 3.08 bits per heavy atom. The molecule has 2 nitrogen and oxygen atoms in total. The van der Waals surface area contributed by atoms with E-state index in [1.807, 2.05) is 23.9 Å². The van der Waals surface area contributed by atoms with E-state index in [-0.39, 0.29) is 0 Å². The molecule has 2 heterocycles. The van der Waals surface area contributed by atoms with Gasteiger partial charge in [0.15, 0.2) is 0 Å². The first kappa shape index (κ1) is 8.31. The molecule has 0 saturated heterocycles. The van der Waals surface area contributed by atoms with Crippen LogP contribution in [0.15, 0.2) is 18.5 Å². The van der Waals surface area contributed by atoms with Crippen LogP contribution in [0.1, 0.15) is 0 Å². The van der Waals surface area contributed by atoms with Crippen molar-refractivity contribution < 1.29 is 0 Å². The number of aromatic nitrogens is 2. The molecule has 62 valence electrons. The van der Waals surface area contributed by atoms with Crippen LogP contribution in [0.3, 0.4) is 0 Å². The highest BCUT2D eigenvalue weighted by Crippen LogP contribution is 2.26. The molecule has 0 aliphatic carbocycles. The van der Waals surface area contributed by atoms with Crippen LogP contribution in [0.25, 0.3) is 11.0 Å². The van der Waals surface area contributed by atoms with Crippen LogP contribution in [-0.4, -0.2) is 9.55 Å². The molecule has 2 aromatic heterocycles. The van der Waals surface area contributed by atoms with E-state index in [1.165, 1.54) is 0 Å². The molecule has 0 bridgehead atoms. The van der Waals surface area contributed by atoms with E-state index in [9.17, 15) is 0 Å². The summed E-state index contributed by atoms with van der Waals surface area (Å²) in [6.45, 7) is 0. The summed E-state index contributed by atoms with van der Waals surface area (Å²) in [5.41, 5.74) is 0.931. The van der Waals surface area contributed by atoms with Crippen molar-refractivity contribution in [2.24, 2.45) is 7.05 Å². The second-order valence-corrected chi connectivity index (χ2v) is 4.12. The standard InChI is InChI=1S/C8H6ClIN2/c1-12-3-2-5-7(9)6(10)4-11-8(5)12/h2-4H,1H3. The molecule has 0 saturated carbocycles. The minimum atomic E-state index is 0.793. The third kappa shape index (κ3) is 1.11. The predicted octanol–water partition coefficient (Wildman–Crippen LogP) is 2.83. The summed E-state index contributed by atoms with van der Waals surface area (Å²) < 4.78 is 2.95. The summed E-state index contributed by atoms with van der Waals surface area (Å²) in [4.78, 5) is 4.27. The van der Waals surface area contributed by atoms with E-state index in [2.05, 4.69) is 27.6 Å². The van der Waals surface area contributed by atoms with Gasteiger partial charge in [0.2, 0.25) is 0 Å². The van der Waals surface area contributed by atoms with Crippen LogP contribution in [0.4, 0.5) is 0 Å². The first-order valence-electron chi connectivity index (χ1n) is 3.45. The minimum Gasteiger partial charge on any atom is -0.336 e. The molecule has 0 radical (unpaired) electrons. The van der Waals surface area contributed by atoms with Crippen molar-refractivity contribution in [2.45, 2.75) is 0 Å². The van der Waals surface area contributed by atoms with Crippen LogP contribution >= 0.6 is 34.2 Å². The van der Waals surface area contributed by atoms with Crippen molar-refractivity contribution in [3.63, 3.8) is 0 Å². The SMILES string of the molecule is Cn1ccc2c(Cl)c(I)cnc21. The molecule has 0 atom stereocenters. The third-order valence-electron chi connectivity index (χ3n) is 1.79. The fourth-order valence-electron chi connectivity index (χ4n) is 1.16. The van der Waals surface area contributed by atoms with Gasteiger partial charge in [0.1, 0.15) is 5.65 Å². The summed E-state index contributed by atoms with van der Waals surface area (Å²) in [6, 6.07) is 1.98. The number of fused-ring (bicyclic) bond motifs is 1. The summed E-state index contributed by atoms with van der Waals surface area (Å²) >= 11 is 8.26. The van der Waals surface area contributed by atoms with E-state index >= 15 is 0 Å². The van der Waals surface area contributed by atoms with Gasteiger partial charge in [0.05, 0.1) is 8.59 Å². The Hall–Kier alpha value is -0.290. The molecule has 0 aromatic carbocycles. The Labute approximate surface area is 88.7 Å². The normalized spacial score (nSPS) is 10.9. The van der Waals surface area contributed by atoms with Crippen LogP contribution in [0.2, 0.25) is 5.02 Å². The summed E-state index contributed by atoms with van der Waals surface area (Å²) in [6.07, 6.45) is 3.74. The minimum absolute atomic E-state index is 0.793. The Morgan fingerprint density at radius 2 is 2.33 bits per heavy atom.